The van der Waals surface area contributed by atoms with Crippen molar-refractivity contribution in [1.29, 1.82) is 0 Å². The third-order valence-corrected chi connectivity index (χ3v) is 1.92. The molecule has 0 spiro atoms. The second-order valence-corrected chi connectivity index (χ2v) is 2.73. The monoisotopic (exact) mass is 176 g/mol. The van der Waals surface area contributed by atoms with Gasteiger partial charge in [0.05, 0.1) is 0 Å². The Morgan fingerprint density at radius 3 is 3.00 bits per heavy atom. The number of aromatic nitrogens is 2. The summed E-state index contributed by atoms with van der Waals surface area (Å²) in [6.07, 6.45) is 0. The molecule has 0 saturated heterocycles. The van der Waals surface area contributed by atoms with Gasteiger partial charge in [0.1, 0.15) is 11.0 Å². The fraction of sp³-hybridized carbons (Fsp3) is 0.200. The number of hydrogen-bond donors (Lipinski definition) is 0. The number of ether oxygens (including phenoxy) is 1. The van der Waals surface area contributed by atoms with Crippen LogP contribution in [0.15, 0.2) is 5.03 Å². The standard InChI is InChI=1S/C5H2F2N2OS/c6-2-3(7)8-5-9-4(2)11-1-10-5/h1H2. The Balaban J connectivity index is 2.62. The van der Waals surface area contributed by atoms with Crippen LogP contribution in [0.5, 0.6) is 6.01 Å². The van der Waals surface area contributed by atoms with Crippen LogP contribution in [0, 0.1) is 11.8 Å². The number of nitrogens with zero attached hydrogens (tertiary/aromatic N) is 2. The summed E-state index contributed by atoms with van der Waals surface area (Å²) in [6, 6.07) is -0.0994. The molecule has 1 aliphatic heterocycles. The van der Waals surface area contributed by atoms with Crippen LogP contribution in [0.1, 0.15) is 0 Å². The largest absolute Gasteiger partial charge is 0.452 e. The molecule has 6 heteroatoms. The summed E-state index contributed by atoms with van der Waals surface area (Å²) in [5.41, 5.74) is 0. The third kappa shape index (κ3) is 1.03. The lowest BCUT2D eigenvalue weighted by Gasteiger charge is -2.11. The molecule has 2 heterocycles. The first-order valence-electron chi connectivity index (χ1n) is 2.76. The summed E-state index contributed by atoms with van der Waals surface area (Å²) in [5, 5.41) is 0.0127. The van der Waals surface area contributed by atoms with E-state index in [0.29, 0.717) is 0 Å². The van der Waals surface area contributed by atoms with E-state index in [1.54, 1.807) is 0 Å². The van der Waals surface area contributed by atoms with Gasteiger partial charge >= 0.3 is 6.01 Å². The van der Waals surface area contributed by atoms with Gasteiger partial charge in [-0.1, -0.05) is 11.8 Å². The Morgan fingerprint density at radius 1 is 1.36 bits per heavy atom. The first-order valence-corrected chi connectivity index (χ1v) is 3.74. The predicted octanol–water partition coefficient (Wildman–Crippen LogP) is 1.20. The molecule has 0 unspecified atom stereocenters. The molecule has 0 fully saturated rings. The maximum atomic E-state index is 12.6. The minimum atomic E-state index is -1.16. The van der Waals surface area contributed by atoms with Gasteiger partial charge in [-0.05, 0) is 0 Å². The first-order chi connectivity index (χ1) is 5.27. The molecule has 58 valence electrons. The molecule has 0 radical (unpaired) electrons. The van der Waals surface area contributed by atoms with Crippen LogP contribution in [0.2, 0.25) is 0 Å². The number of halogens is 2. The van der Waals surface area contributed by atoms with Crippen LogP contribution in [-0.4, -0.2) is 15.9 Å². The highest BCUT2D eigenvalue weighted by Crippen LogP contribution is 2.26. The van der Waals surface area contributed by atoms with Crippen molar-refractivity contribution in [1.82, 2.24) is 9.97 Å². The van der Waals surface area contributed by atoms with Crippen molar-refractivity contribution in [2.45, 2.75) is 5.03 Å². The summed E-state index contributed by atoms with van der Waals surface area (Å²) in [7, 11) is 0. The van der Waals surface area contributed by atoms with E-state index in [4.69, 9.17) is 4.74 Å². The number of fused-ring (bicyclic) bond motifs is 2. The van der Waals surface area contributed by atoms with Gasteiger partial charge in [-0.3, -0.25) is 0 Å². The summed E-state index contributed by atoms with van der Waals surface area (Å²) in [4.78, 5) is 6.67. The molecule has 1 aromatic heterocycles. The second-order valence-electron chi connectivity index (χ2n) is 1.82. The molecule has 0 N–H and O–H groups in total. The lowest BCUT2D eigenvalue weighted by molar-refractivity contribution is 0.322. The van der Waals surface area contributed by atoms with E-state index >= 15 is 0 Å². The van der Waals surface area contributed by atoms with Crippen LogP contribution in [0.25, 0.3) is 0 Å². The number of hydrogen-bond acceptors (Lipinski definition) is 4. The minimum absolute atomic E-state index is 0.0127. The van der Waals surface area contributed by atoms with Crippen LogP contribution >= 0.6 is 11.8 Å². The smallest absolute Gasteiger partial charge is 0.321 e. The van der Waals surface area contributed by atoms with E-state index in [-0.39, 0.29) is 17.0 Å². The summed E-state index contributed by atoms with van der Waals surface area (Å²) in [6.45, 7) is 0. The van der Waals surface area contributed by atoms with E-state index in [9.17, 15) is 8.78 Å². The maximum absolute atomic E-state index is 12.6. The van der Waals surface area contributed by atoms with Crippen molar-refractivity contribution in [2.24, 2.45) is 0 Å². The lowest BCUT2D eigenvalue weighted by atomic mass is 10.6. The molecular weight excluding hydrogens is 174 g/mol. The molecule has 2 rings (SSSR count). The van der Waals surface area contributed by atoms with Crippen molar-refractivity contribution in [3.8, 4) is 6.01 Å². The van der Waals surface area contributed by atoms with Crippen molar-refractivity contribution in [2.75, 3.05) is 5.94 Å². The minimum Gasteiger partial charge on any atom is -0.452 e. The molecule has 0 aromatic carbocycles. The van der Waals surface area contributed by atoms with Crippen LogP contribution in [-0.2, 0) is 0 Å². The van der Waals surface area contributed by atoms with Crippen LogP contribution < -0.4 is 4.74 Å². The zero-order valence-corrected chi connectivity index (χ0v) is 5.99. The van der Waals surface area contributed by atoms with Crippen LogP contribution in [0.4, 0.5) is 8.78 Å². The highest BCUT2D eigenvalue weighted by atomic mass is 32.2. The van der Waals surface area contributed by atoms with E-state index in [1.165, 1.54) is 0 Å². The molecule has 11 heavy (non-hydrogen) atoms. The quantitative estimate of drug-likeness (QED) is 0.556. The second kappa shape index (κ2) is 2.30. The predicted molar refractivity (Wildman–Crippen MR) is 33.3 cm³/mol. The normalized spacial score (nSPS) is 14.4. The third-order valence-electron chi connectivity index (χ3n) is 1.14. The number of thioether (sulfide) groups is 1. The fourth-order valence-electron chi connectivity index (χ4n) is 0.680. The van der Waals surface area contributed by atoms with Gasteiger partial charge in [0.15, 0.2) is 0 Å². The molecular formula is C5H2F2N2OS. The van der Waals surface area contributed by atoms with Gasteiger partial charge < -0.3 is 4.74 Å². The summed E-state index contributed by atoms with van der Waals surface area (Å²) in [5.74, 6) is -1.92. The highest BCUT2D eigenvalue weighted by Gasteiger charge is 2.19. The molecule has 0 atom stereocenters. The molecule has 1 aliphatic rings. The molecule has 1 aromatic rings. The fourth-order valence-corrected chi connectivity index (χ4v) is 1.31. The van der Waals surface area contributed by atoms with E-state index in [2.05, 4.69) is 9.97 Å². The molecule has 0 aliphatic carbocycles. The molecule has 3 nitrogen and oxygen atoms in total. The lowest BCUT2D eigenvalue weighted by Crippen LogP contribution is -2.09. The average molecular weight is 176 g/mol. The van der Waals surface area contributed by atoms with Gasteiger partial charge in [-0.15, -0.1) is 0 Å². The van der Waals surface area contributed by atoms with E-state index in [1.807, 2.05) is 0 Å². The molecule has 0 amide bonds. The van der Waals surface area contributed by atoms with Gasteiger partial charge in [0.25, 0.3) is 5.95 Å². The zero-order chi connectivity index (χ0) is 7.84. The molecule has 2 bridgehead atoms. The Hall–Kier alpha value is -0.910. The van der Waals surface area contributed by atoms with E-state index < -0.39 is 11.8 Å². The Labute approximate surface area is 64.8 Å². The molecule has 0 saturated carbocycles. The SMILES string of the molecule is Fc1nc2nc(c1F)SCO2. The van der Waals surface area contributed by atoms with Gasteiger partial charge in [0.2, 0.25) is 5.82 Å². The Bertz CT molecular complexity index is 303. The van der Waals surface area contributed by atoms with Gasteiger partial charge in [-0.2, -0.15) is 18.7 Å². The zero-order valence-electron chi connectivity index (χ0n) is 5.17. The Morgan fingerprint density at radius 2 is 2.18 bits per heavy atom. The summed E-state index contributed by atoms with van der Waals surface area (Å²) >= 11 is 1.00. The van der Waals surface area contributed by atoms with E-state index in [0.717, 1.165) is 11.8 Å². The van der Waals surface area contributed by atoms with Crippen molar-refractivity contribution in [3.63, 3.8) is 0 Å². The average Bonchev–Trinajstić information content (AvgIpc) is 2.01. The topological polar surface area (TPSA) is 35.0 Å². The highest BCUT2D eigenvalue weighted by molar-refractivity contribution is 7.99. The van der Waals surface area contributed by atoms with Crippen molar-refractivity contribution in [3.05, 3.63) is 11.8 Å². The van der Waals surface area contributed by atoms with Crippen molar-refractivity contribution >= 4 is 11.8 Å². The van der Waals surface area contributed by atoms with Crippen molar-refractivity contribution < 1.29 is 13.5 Å². The van der Waals surface area contributed by atoms with Gasteiger partial charge in [-0.25, -0.2) is 0 Å². The maximum Gasteiger partial charge on any atom is 0.321 e. The number of rotatable bonds is 0. The first kappa shape index (κ1) is 6.78. The van der Waals surface area contributed by atoms with Gasteiger partial charge in [0, 0.05) is 0 Å². The van der Waals surface area contributed by atoms with Crippen LogP contribution in [0.3, 0.4) is 0 Å². The Kier molecular flexibility index (Phi) is 1.42. The summed E-state index contributed by atoms with van der Waals surface area (Å²) < 4.78 is 29.8.